The van der Waals surface area contributed by atoms with E-state index in [2.05, 4.69) is 27.1 Å². The molecule has 0 bridgehead atoms. The Morgan fingerprint density at radius 1 is 1.26 bits per heavy atom. The second kappa shape index (κ2) is 8.41. The summed E-state index contributed by atoms with van der Waals surface area (Å²) in [4.78, 5) is 22.2. The van der Waals surface area contributed by atoms with Crippen molar-refractivity contribution in [2.45, 2.75) is 12.2 Å². The number of anilines is 2. The van der Waals surface area contributed by atoms with Crippen molar-refractivity contribution in [3.63, 3.8) is 0 Å². The van der Waals surface area contributed by atoms with Crippen LogP contribution in [0.5, 0.6) is 0 Å². The van der Waals surface area contributed by atoms with Crippen LogP contribution >= 0.6 is 0 Å². The number of piperazine rings is 1. The quantitative estimate of drug-likeness (QED) is 0.833. The van der Waals surface area contributed by atoms with Gasteiger partial charge in [-0.25, -0.2) is 4.98 Å². The lowest BCUT2D eigenvalue weighted by Gasteiger charge is -2.35. The Morgan fingerprint density at radius 3 is 2.63 bits per heavy atom. The normalized spacial score (nSPS) is 22.7. The summed E-state index contributed by atoms with van der Waals surface area (Å²) in [5.74, 6) is -0.228. The fourth-order valence-electron chi connectivity index (χ4n) is 3.22. The van der Waals surface area contributed by atoms with E-state index in [1.807, 2.05) is 6.07 Å². The summed E-state index contributed by atoms with van der Waals surface area (Å²) in [6.45, 7) is 2.77. The number of hydrogen-bond donors (Lipinski definition) is 1. The van der Waals surface area contributed by atoms with Crippen LogP contribution in [0.1, 0.15) is 0 Å². The average Bonchev–Trinajstić information content (AvgIpc) is 2.62. The molecule has 0 radical (unpaired) electrons. The molecule has 150 valence electrons. The predicted molar refractivity (Wildman–Crippen MR) is 94.8 cm³/mol. The number of rotatable bonds is 4. The molecule has 1 aromatic heterocycles. The molecular formula is C17H24F3N5O2. The summed E-state index contributed by atoms with van der Waals surface area (Å²) in [6.07, 6.45) is -2.69. The molecule has 2 saturated heterocycles. The van der Waals surface area contributed by atoms with E-state index in [1.165, 1.54) is 0 Å². The van der Waals surface area contributed by atoms with Crippen LogP contribution in [0, 0.1) is 0 Å². The predicted octanol–water partition coefficient (Wildman–Crippen LogP) is 1.03. The number of carbonyl (C=O) groups is 1. The van der Waals surface area contributed by atoms with Crippen molar-refractivity contribution in [1.82, 2.24) is 14.8 Å². The van der Waals surface area contributed by atoms with Gasteiger partial charge in [0, 0.05) is 32.7 Å². The molecule has 1 N–H and O–H groups in total. The van der Waals surface area contributed by atoms with Crippen molar-refractivity contribution in [3.8, 4) is 0 Å². The number of pyridine rings is 1. The molecule has 1 amide bonds. The van der Waals surface area contributed by atoms with Crippen molar-refractivity contribution in [1.29, 1.82) is 0 Å². The number of morpholine rings is 1. The zero-order valence-electron chi connectivity index (χ0n) is 15.2. The number of amides is 1. The second-order valence-electron chi connectivity index (χ2n) is 6.86. The van der Waals surface area contributed by atoms with Crippen molar-refractivity contribution < 1.29 is 22.7 Å². The van der Waals surface area contributed by atoms with Crippen LogP contribution in [0.4, 0.5) is 24.7 Å². The van der Waals surface area contributed by atoms with Crippen LogP contribution in [0.15, 0.2) is 18.3 Å². The van der Waals surface area contributed by atoms with Crippen LogP contribution < -0.4 is 10.2 Å². The maximum Gasteiger partial charge on any atom is 0.401 e. The lowest BCUT2D eigenvalue weighted by Crippen LogP contribution is -2.54. The first kappa shape index (κ1) is 19.8. The molecule has 2 aliphatic heterocycles. The van der Waals surface area contributed by atoms with Crippen LogP contribution in [0.25, 0.3) is 0 Å². The Kier molecular flexibility index (Phi) is 6.18. The van der Waals surface area contributed by atoms with Gasteiger partial charge in [0.15, 0.2) is 0 Å². The van der Waals surface area contributed by atoms with Gasteiger partial charge in [-0.2, -0.15) is 13.2 Å². The molecule has 1 aromatic rings. The number of alkyl halides is 3. The van der Waals surface area contributed by atoms with Crippen LogP contribution in [-0.2, 0) is 9.53 Å². The third-order valence-corrected chi connectivity index (χ3v) is 4.79. The first-order valence-electron chi connectivity index (χ1n) is 8.91. The second-order valence-corrected chi connectivity index (χ2v) is 6.86. The van der Waals surface area contributed by atoms with Gasteiger partial charge in [-0.05, 0) is 19.2 Å². The summed E-state index contributed by atoms with van der Waals surface area (Å²) in [5.41, 5.74) is 0.959. The topological polar surface area (TPSA) is 60.9 Å². The molecule has 3 heterocycles. The maximum atomic E-state index is 12.7. The van der Waals surface area contributed by atoms with Crippen LogP contribution in [0.2, 0.25) is 0 Å². The summed E-state index contributed by atoms with van der Waals surface area (Å²) in [6, 6.07) is 2.54. The Balaban J connectivity index is 1.59. The zero-order valence-corrected chi connectivity index (χ0v) is 15.2. The number of carbonyl (C=O) groups excluding carboxylic acids is 1. The Hall–Kier alpha value is -1.91. The van der Waals surface area contributed by atoms with Crippen molar-refractivity contribution >= 4 is 17.4 Å². The minimum Gasteiger partial charge on any atom is -0.378 e. The molecule has 0 saturated carbocycles. The number of likely N-dealkylation sites (N-methyl/N-ethyl adjacent to an activating group) is 1. The number of halogens is 3. The molecule has 1 atom stereocenters. The van der Waals surface area contributed by atoms with Gasteiger partial charge >= 0.3 is 6.18 Å². The number of ether oxygens (including phenoxy) is 1. The molecule has 2 aliphatic rings. The molecule has 0 spiro atoms. The van der Waals surface area contributed by atoms with E-state index in [9.17, 15) is 18.0 Å². The van der Waals surface area contributed by atoms with Gasteiger partial charge in [-0.1, -0.05) is 0 Å². The summed E-state index contributed by atoms with van der Waals surface area (Å²) < 4.78 is 43.3. The number of aromatic nitrogens is 1. The minimum atomic E-state index is -4.36. The van der Waals surface area contributed by atoms with Crippen molar-refractivity contribution in [2.75, 3.05) is 69.7 Å². The Morgan fingerprint density at radius 2 is 2.00 bits per heavy atom. The van der Waals surface area contributed by atoms with Gasteiger partial charge in [-0.3, -0.25) is 9.69 Å². The third-order valence-electron chi connectivity index (χ3n) is 4.79. The molecule has 0 aromatic carbocycles. The molecule has 2 fully saturated rings. The van der Waals surface area contributed by atoms with E-state index in [0.717, 1.165) is 36.8 Å². The van der Waals surface area contributed by atoms with E-state index in [4.69, 9.17) is 4.74 Å². The van der Waals surface area contributed by atoms with Crippen LogP contribution in [0.3, 0.4) is 0 Å². The molecular weight excluding hydrogens is 363 g/mol. The van der Waals surface area contributed by atoms with Crippen molar-refractivity contribution in [3.05, 3.63) is 18.3 Å². The summed E-state index contributed by atoms with van der Waals surface area (Å²) in [7, 11) is 2.07. The molecule has 27 heavy (non-hydrogen) atoms. The minimum absolute atomic E-state index is 0.0629. The summed E-state index contributed by atoms with van der Waals surface area (Å²) in [5, 5.41) is 2.60. The van der Waals surface area contributed by atoms with Gasteiger partial charge < -0.3 is 19.9 Å². The fourth-order valence-corrected chi connectivity index (χ4v) is 3.22. The summed E-state index contributed by atoms with van der Waals surface area (Å²) >= 11 is 0. The highest BCUT2D eigenvalue weighted by Crippen LogP contribution is 2.21. The Labute approximate surface area is 156 Å². The molecule has 0 unspecified atom stereocenters. The maximum absolute atomic E-state index is 12.7. The molecule has 0 aliphatic carbocycles. The van der Waals surface area contributed by atoms with Gasteiger partial charge in [0.05, 0.1) is 31.6 Å². The lowest BCUT2D eigenvalue weighted by atomic mass is 10.2. The number of hydrogen-bond acceptors (Lipinski definition) is 6. The fraction of sp³-hybridized carbons (Fsp3) is 0.647. The molecule has 3 rings (SSSR count). The smallest absolute Gasteiger partial charge is 0.378 e. The number of nitrogens with one attached hydrogen (secondary N) is 1. The van der Waals surface area contributed by atoms with E-state index < -0.39 is 24.7 Å². The van der Waals surface area contributed by atoms with Gasteiger partial charge in [-0.15, -0.1) is 0 Å². The first-order chi connectivity index (χ1) is 12.8. The van der Waals surface area contributed by atoms with E-state index in [0.29, 0.717) is 5.82 Å². The van der Waals surface area contributed by atoms with Gasteiger partial charge in [0.2, 0.25) is 5.91 Å². The molecule has 10 heteroatoms. The number of nitrogens with zero attached hydrogens (tertiary/aromatic N) is 4. The lowest BCUT2D eigenvalue weighted by molar-refractivity contribution is -0.165. The van der Waals surface area contributed by atoms with E-state index in [1.54, 1.807) is 12.3 Å². The SMILES string of the molecule is CN1CCN(c2ccc(NC(=O)[C@@H]3COCCN3CC(F)(F)F)nc2)CC1. The average molecular weight is 387 g/mol. The highest BCUT2D eigenvalue weighted by atomic mass is 19.4. The van der Waals surface area contributed by atoms with Crippen molar-refractivity contribution in [2.24, 2.45) is 0 Å². The highest BCUT2D eigenvalue weighted by molar-refractivity contribution is 5.94. The first-order valence-corrected chi connectivity index (χ1v) is 8.91. The Bertz CT molecular complexity index is 632. The van der Waals surface area contributed by atoms with Gasteiger partial charge in [0.1, 0.15) is 11.9 Å². The monoisotopic (exact) mass is 387 g/mol. The standard InChI is InChI=1S/C17H24F3N5O2/c1-23-4-6-24(7-5-23)13-2-3-15(21-10-13)22-16(26)14-11-27-9-8-25(14)12-17(18,19)20/h2-3,10,14H,4-9,11-12H2,1H3,(H,21,22,26)/t14-/m0/s1. The van der Waals surface area contributed by atoms with Gasteiger partial charge in [0.25, 0.3) is 0 Å². The molecule has 7 nitrogen and oxygen atoms in total. The van der Waals surface area contributed by atoms with Crippen LogP contribution in [-0.4, -0.2) is 92.4 Å². The zero-order chi connectivity index (χ0) is 19.4. The highest BCUT2D eigenvalue weighted by Gasteiger charge is 2.38. The third kappa shape index (κ3) is 5.53. The van der Waals surface area contributed by atoms with E-state index >= 15 is 0 Å². The van der Waals surface area contributed by atoms with E-state index in [-0.39, 0.29) is 19.8 Å². The largest absolute Gasteiger partial charge is 0.401 e.